The van der Waals surface area contributed by atoms with E-state index >= 15 is 0 Å². The van der Waals surface area contributed by atoms with Gasteiger partial charge in [-0.1, -0.05) is 6.07 Å². The maximum Gasteiger partial charge on any atom is 0.354 e. The fourth-order valence-corrected chi connectivity index (χ4v) is 3.99. The molecule has 0 spiro atoms. The lowest BCUT2D eigenvalue weighted by molar-refractivity contribution is -0.129. The van der Waals surface area contributed by atoms with E-state index in [0.29, 0.717) is 0 Å². The van der Waals surface area contributed by atoms with Crippen molar-refractivity contribution in [1.29, 1.82) is 0 Å². The number of hydrogen-bond acceptors (Lipinski definition) is 6. The van der Waals surface area contributed by atoms with Gasteiger partial charge in [0.05, 0.1) is 13.7 Å². The smallest absolute Gasteiger partial charge is 0.354 e. The Morgan fingerprint density at radius 3 is 2.56 bits per heavy atom. The number of pyridine rings is 1. The van der Waals surface area contributed by atoms with Crippen molar-refractivity contribution in [3.63, 3.8) is 0 Å². The average Bonchev–Trinajstić information content (AvgIpc) is 3.35. The van der Waals surface area contributed by atoms with Gasteiger partial charge in [-0.15, -0.1) is 0 Å². The second kappa shape index (κ2) is 8.65. The summed E-state index contributed by atoms with van der Waals surface area (Å²) in [6, 6.07) is 7.84. The molecule has 0 saturated heterocycles. The van der Waals surface area contributed by atoms with Crippen molar-refractivity contribution in [3.05, 3.63) is 77.4 Å². The summed E-state index contributed by atoms with van der Waals surface area (Å²) in [6.07, 6.45) is 2.62. The number of alkyl halides is 1. The number of nitrogens with zero attached hydrogens (tertiary/aromatic N) is 4. The highest BCUT2D eigenvalue weighted by molar-refractivity contribution is 6.09. The number of rotatable bonds is 6. The molecular weight excluding hydrogens is 451 g/mol. The van der Waals surface area contributed by atoms with Gasteiger partial charge in [0.2, 0.25) is 5.95 Å². The Morgan fingerprint density at radius 1 is 1.18 bits per heavy atom. The molecule has 176 valence electrons. The molecule has 2 N–H and O–H groups in total. The Labute approximate surface area is 192 Å². The third kappa shape index (κ3) is 3.49. The van der Waals surface area contributed by atoms with Gasteiger partial charge in [-0.3, -0.25) is 9.69 Å². The number of aromatic nitrogens is 2. The predicted molar refractivity (Wildman–Crippen MR) is 117 cm³/mol. The van der Waals surface area contributed by atoms with Crippen LogP contribution < -0.4 is 5.73 Å². The average molecular weight is 471 g/mol. The van der Waals surface area contributed by atoms with Crippen LogP contribution in [0.3, 0.4) is 0 Å². The number of amides is 1. The van der Waals surface area contributed by atoms with Gasteiger partial charge in [0.15, 0.2) is 11.5 Å². The van der Waals surface area contributed by atoms with E-state index in [4.69, 9.17) is 10.5 Å². The summed E-state index contributed by atoms with van der Waals surface area (Å²) in [5, 5.41) is 0. The molecule has 3 aromatic rings. The minimum absolute atomic E-state index is 0.00807. The molecule has 0 saturated carbocycles. The molecule has 1 aromatic carbocycles. The minimum atomic E-state index is -1.83. The monoisotopic (exact) mass is 471 g/mol. The summed E-state index contributed by atoms with van der Waals surface area (Å²) in [5.41, 5.74) is 4.22. The number of aryl methyl sites for hydroxylation is 1. The van der Waals surface area contributed by atoms with E-state index in [-0.39, 0.29) is 40.5 Å². The summed E-state index contributed by atoms with van der Waals surface area (Å²) in [7, 11) is 2.58. The van der Waals surface area contributed by atoms with Gasteiger partial charge in [0.25, 0.3) is 5.91 Å². The highest BCUT2D eigenvalue weighted by Gasteiger charge is 2.50. The molecule has 0 aliphatic carbocycles. The molecule has 8 nitrogen and oxygen atoms in total. The zero-order chi connectivity index (χ0) is 24.6. The minimum Gasteiger partial charge on any atom is -0.464 e. The first-order chi connectivity index (χ1) is 16.2. The Balaban J connectivity index is 1.99. The van der Waals surface area contributed by atoms with Crippen LogP contribution in [0, 0.1) is 11.8 Å². The molecule has 1 amide bonds. The van der Waals surface area contributed by atoms with Gasteiger partial charge in [0, 0.05) is 36.1 Å². The summed E-state index contributed by atoms with van der Waals surface area (Å²) in [6.45, 7) is -0.968. The fourth-order valence-electron chi connectivity index (χ4n) is 3.99. The van der Waals surface area contributed by atoms with Crippen LogP contribution >= 0.6 is 0 Å². The Hall–Kier alpha value is -4.15. The summed E-state index contributed by atoms with van der Waals surface area (Å²) < 4.78 is 48.4. The van der Waals surface area contributed by atoms with Crippen molar-refractivity contribution < 1.29 is 27.5 Å². The van der Waals surface area contributed by atoms with Gasteiger partial charge >= 0.3 is 5.97 Å². The van der Waals surface area contributed by atoms with Gasteiger partial charge < -0.3 is 15.0 Å². The Bertz CT molecular complexity index is 1320. The molecule has 1 aliphatic rings. The SMILES string of the molecule is COC(=O)c1cc(C2(c3ccc(F)c(-c4cccnc4F)c3)N=C(N)N(C)C2=O)cn1CCF. The van der Waals surface area contributed by atoms with E-state index in [1.807, 2.05) is 0 Å². The van der Waals surface area contributed by atoms with Gasteiger partial charge in [-0.25, -0.2) is 23.6 Å². The topological polar surface area (TPSA) is 103 Å². The van der Waals surface area contributed by atoms with E-state index in [1.54, 1.807) is 0 Å². The molecule has 1 atom stereocenters. The third-order valence-electron chi connectivity index (χ3n) is 5.71. The van der Waals surface area contributed by atoms with Crippen molar-refractivity contribution in [2.24, 2.45) is 10.7 Å². The highest BCUT2D eigenvalue weighted by Crippen LogP contribution is 2.42. The summed E-state index contributed by atoms with van der Waals surface area (Å²) >= 11 is 0. The predicted octanol–water partition coefficient (Wildman–Crippen LogP) is 2.61. The van der Waals surface area contributed by atoms with Crippen molar-refractivity contribution in [3.8, 4) is 11.1 Å². The number of nitrogens with two attached hydrogens (primary N) is 1. The molecule has 0 bridgehead atoms. The van der Waals surface area contributed by atoms with E-state index in [1.165, 1.54) is 61.5 Å². The van der Waals surface area contributed by atoms with Crippen LogP contribution in [0.4, 0.5) is 13.2 Å². The van der Waals surface area contributed by atoms with Crippen molar-refractivity contribution in [2.45, 2.75) is 12.1 Å². The van der Waals surface area contributed by atoms with Crippen LogP contribution in [-0.4, -0.2) is 53.1 Å². The van der Waals surface area contributed by atoms with Crippen molar-refractivity contribution in [2.75, 3.05) is 20.8 Å². The number of esters is 1. The molecule has 4 rings (SSSR count). The number of carbonyl (C=O) groups excluding carboxylic acids is 2. The highest BCUT2D eigenvalue weighted by atomic mass is 19.1. The first-order valence-corrected chi connectivity index (χ1v) is 10.1. The lowest BCUT2D eigenvalue weighted by Gasteiger charge is -2.25. The van der Waals surface area contributed by atoms with Crippen LogP contribution in [0.15, 0.2) is 53.8 Å². The largest absolute Gasteiger partial charge is 0.464 e. The van der Waals surface area contributed by atoms with Crippen LogP contribution in [0.1, 0.15) is 21.6 Å². The lowest BCUT2D eigenvalue weighted by atomic mass is 9.82. The normalized spacial score (nSPS) is 17.7. The number of ether oxygens (including phenoxy) is 1. The number of halogens is 3. The van der Waals surface area contributed by atoms with E-state index in [0.717, 1.165) is 11.0 Å². The first-order valence-electron chi connectivity index (χ1n) is 10.1. The van der Waals surface area contributed by atoms with Crippen LogP contribution in [-0.2, 0) is 21.6 Å². The van der Waals surface area contributed by atoms with E-state index in [9.17, 15) is 22.8 Å². The van der Waals surface area contributed by atoms with Gasteiger partial charge in [-0.05, 0) is 35.9 Å². The third-order valence-corrected chi connectivity index (χ3v) is 5.71. The molecule has 34 heavy (non-hydrogen) atoms. The molecule has 11 heteroatoms. The van der Waals surface area contributed by atoms with Crippen LogP contribution in [0.5, 0.6) is 0 Å². The molecule has 0 radical (unpaired) electrons. The van der Waals surface area contributed by atoms with Gasteiger partial charge in [0.1, 0.15) is 18.2 Å². The Kier molecular flexibility index (Phi) is 5.86. The second-order valence-corrected chi connectivity index (χ2v) is 7.57. The van der Waals surface area contributed by atoms with Crippen LogP contribution in [0.25, 0.3) is 11.1 Å². The Morgan fingerprint density at radius 2 is 1.94 bits per heavy atom. The van der Waals surface area contributed by atoms with Gasteiger partial charge in [-0.2, -0.15) is 4.39 Å². The van der Waals surface area contributed by atoms with Crippen molar-refractivity contribution >= 4 is 17.8 Å². The number of aliphatic imine (C=N–C) groups is 1. The zero-order valence-electron chi connectivity index (χ0n) is 18.3. The van der Waals surface area contributed by atoms with Crippen molar-refractivity contribution in [1.82, 2.24) is 14.5 Å². The molecule has 0 fully saturated rings. The number of likely N-dealkylation sites (N-methyl/N-ethyl adjacent to an activating group) is 1. The number of guanidine groups is 1. The molecule has 1 unspecified atom stereocenters. The molecule has 2 aromatic heterocycles. The quantitative estimate of drug-likeness (QED) is 0.440. The van der Waals surface area contributed by atoms with Crippen LogP contribution in [0.2, 0.25) is 0 Å². The standard InChI is InChI=1S/C23H20F3N5O3/c1-30-21(33)23(29-22(30)27,14-11-18(20(32)34-2)31(12-14)9-7-24)13-5-6-17(25)16(10-13)15-4-3-8-28-19(15)26/h3-6,8,10-12H,7,9H2,1-2H3,(H2,27,29). The lowest BCUT2D eigenvalue weighted by Crippen LogP contribution is -2.41. The maximum atomic E-state index is 14.8. The summed E-state index contributed by atoms with van der Waals surface area (Å²) in [5.74, 6) is -3.11. The number of benzene rings is 1. The maximum absolute atomic E-state index is 14.8. The number of carbonyl (C=O) groups is 2. The number of hydrogen-bond donors (Lipinski definition) is 1. The molecule has 3 heterocycles. The molecule has 1 aliphatic heterocycles. The van der Waals surface area contributed by atoms with E-state index < -0.39 is 35.9 Å². The summed E-state index contributed by atoms with van der Waals surface area (Å²) in [4.78, 5) is 34.9. The zero-order valence-corrected chi connectivity index (χ0v) is 18.3. The fraction of sp³-hybridized carbons (Fsp3) is 0.217. The molecular formula is C23H20F3N5O3. The number of methoxy groups -OCH3 is 1. The second-order valence-electron chi connectivity index (χ2n) is 7.57. The van der Waals surface area contributed by atoms with E-state index in [2.05, 4.69) is 9.98 Å². The first kappa shape index (κ1) is 23.0.